The number of aliphatic hydroxyl groups is 1. The summed E-state index contributed by atoms with van der Waals surface area (Å²) in [6.45, 7) is 2.83. The quantitative estimate of drug-likeness (QED) is 0.676. The van der Waals surface area contributed by atoms with E-state index in [4.69, 9.17) is 10.8 Å². The zero-order valence-corrected chi connectivity index (χ0v) is 8.78. The Morgan fingerprint density at radius 3 is 3.00 bits per heavy atom. The number of likely N-dealkylation sites (tertiary alicyclic amines) is 1. The van der Waals surface area contributed by atoms with Crippen LogP contribution in [-0.4, -0.2) is 41.1 Å². The zero-order chi connectivity index (χ0) is 10.6. The lowest BCUT2D eigenvalue weighted by atomic mass is 10.1. The molecule has 4 heteroatoms. The molecule has 1 heterocycles. The second-order valence-electron chi connectivity index (χ2n) is 3.91. The number of nitrogens with zero attached hydrogens (tertiary/aromatic N) is 1. The maximum Gasteiger partial charge on any atom is 0.239 e. The number of aliphatic hydroxyl groups excluding tert-OH is 1. The molecule has 0 unspecified atom stereocenters. The van der Waals surface area contributed by atoms with Gasteiger partial charge in [-0.1, -0.05) is 13.3 Å². The molecule has 1 saturated heterocycles. The van der Waals surface area contributed by atoms with Gasteiger partial charge < -0.3 is 15.7 Å². The number of hydrogen-bond donors (Lipinski definition) is 2. The Balaban J connectivity index is 2.50. The van der Waals surface area contributed by atoms with E-state index in [1.165, 1.54) is 0 Å². The van der Waals surface area contributed by atoms with Gasteiger partial charge in [0, 0.05) is 6.54 Å². The standard InChI is InChI=1S/C10H20N2O2/c1-2-4-9(11)10(14)12-6-3-5-8(12)7-13/h8-9,13H,2-7,11H2,1H3/t8-,9-/m1/s1. The van der Waals surface area contributed by atoms with Crippen LogP contribution in [0.1, 0.15) is 32.6 Å². The van der Waals surface area contributed by atoms with Crippen LogP contribution in [0.15, 0.2) is 0 Å². The summed E-state index contributed by atoms with van der Waals surface area (Å²) in [5, 5.41) is 9.06. The van der Waals surface area contributed by atoms with Gasteiger partial charge >= 0.3 is 0 Å². The third-order valence-corrected chi connectivity index (χ3v) is 2.79. The Labute approximate surface area is 85.1 Å². The van der Waals surface area contributed by atoms with E-state index in [0.717, 1.165) is 32.2 Å². The van der Waals surface area contributed by atoms with Crippen molar-refractivity contribution in [2.45, 2.75) is 44.7 Å². The van der Waals surface area contributed by atoms with Crippen LogP contribution in [0.4, 0.5) is 0 Å². The van der Waals surface area contributed by atoms with Crippen molar-refractivity contribution in [2.24, 2.45) is 5.73 Å². The molecule has 0 saturated carbocycles. The van der Waals surface area contributed by atoms with E-state index in [1.54, 1.807) is 4.90 Å². The molecule has 14 heavy (non-hydrogen) atoms. The van der Waals surface area contributed by atoms with Crippen molar-refractivity contribution < 1.29 is 9.90 Å². The van der Waals surface area contributed by atoms with Crippen molar-refractivity contribution in [3.05, 3.63) is 0 Å². The van der Waals surface area contributed by atoms with E-state index in [0.29, 0.717) is 0 Å². The van der Waals surface area contributed by atoms with Crippen molar-refractivity contribution in [1.29, 1.82) is 0 Å². The van der Waals surface area contributed by atoms with Crippen LogP contribution in [0.2, 0.25) is 0 Å². The highest BCUT2D eigenvalue weighted by Gasteiger charge is 2.30. The number of rotatable bonds is 4. The fourth-order valence-corrected chi connectivity index (χ4v) is 1.96. The molecule has 82 valence electrons. The maximum atomic E-state index is 11.8. The Morgan fingerprint density at radius 1 is 1.71 bits per heavy atom. The molecule has 0 spiro atoms. The molecule has 0 aromatic rings. The Hall–Kier alpha value is -0.610. The third kappa shape index (κ3) is 2.45. The number of nitrogens with two attached hydrogens (primary N) is 1. The molecule has 1 fully saturated rings. The number of carbonyl (C=O) groups is 1. The van der Waals surface area contributed by atoms with Crippen LogP contribution < -0.4 is 5.73 Å². The zero-order valence-electron chi connectivity index (χ0n) is 8.78. The molecule has 1 aliphatic heterocycles. The molecule has 0 aromatic carbocycles. The molecule has 0 aliphatic carbocycles. The van der Waals surface area contributed by atoms with Crippen LogP contribution in [0, 0.1) is 0 Å². The molecule has 0 radical (unpaired) electrons. The van der Waals surface area contributed by atoms with Gasteiger partial charge in [0.2, 0.25) is 5.91 Å². The first-order valence-corrected chi connectivity index (χ1v) is 5.37. The minimum Gasteiger partial charge on any atom is -0.394 e. The van der Waals surface area contributed by atoms with E-state index in [-0.39, 0.29) is 24.6 Å². The summed E-state index contributed by atoms with van der Waals surface area (Å²) in [7, 11) is 0. The Bertz CT molecular complexity index is 197. The van der Waals surface area contributed by atoms with E-state index in [2.05, 4.69) is 0 Å². The van der Waals surface area contributed by atoms with Gasteiger partial charge in [0.1, 0.15) is 0 Å². The highest BCUT2D eigenvalue weighted by atomic mass is 16.3. The molecular weight excluding hydrogens is 180 g/mol. The topological polar surface area (TPSA) is 66.6 Å². The van der Waals surface area contributed by atoms with Gasteiger partial charge in [0.25, 0.3) is 0 Å². The van der Waals surface area contributed by atoms with Gasteiger partial charge in [-0.05, 0) is 19.3 Å². The summed E-state index contributed by atoms with van der Waals surface area (Å²) >= 11 is 0. The highest BCUT2D eigenvalue weighted by molar-refractivity contribution is 5.82. The van der Waals surface area contributed by atoms with Crippen molar-refractivity contribution >= 4 is 5.91 Å². The predicted octanol–water partition coefficient (Wildman–Crippen LogP) is 0.0971. The lowest BCUT2D eigenvalue weighted by Gasteiger charge is -2.25. The summed E-state index contributed by atoms with van der Waals surface area (Å²) in [4.78, 5) is 13.5. The van der Waals surface area contributed by atoms with Crippen molar-refractivity contribution in [1.82, 2.24) is 4.90 Å². The van der Waals surface area contributed by atoms with Crippen LogP contribution in [0.25, 0.3) is 0 Å². The van der Waals surface area contributed by atoms with E-state index >= 15 is 0 Å². The molecule has 1 aliphatic rings. The lowest BCUT2D eigenvalue weighted by molar-refractivity contribution is -0.134. The van der Waals surface area contributed by atoms with Gasteiger partial charge in [-0.25, -0.2) is 0 Å². The molecule has 3 N–H and O–H groups in total. The fraction of sp³-hybridized carbons (Fsp3) is 0.900. The van der Waals surface area contributed by atoms with Crippen LogP contribution in [-0.2, 0) is 4.79 Å². The molecule has 1 rings (SSSR count). The van der Waals surface area contributed by atoms with Crippen LogP contribution in [0.3, 0.4) is 0 Å². The molecule has 2 atom stereocenters. The fourth-order valence-electron chi connectivity index (χ4n) is 1.96. The summed E-state index contributed by atoms with van der Waals surface area (Å²) in [5.41, 5.74) is 5.75. The van der Waals surface area contributed by atoms with Gasteiger partial charge in [0.05, 0.1) is 18.7 Å². The summed E-state index contributed by atoms with van der Waals surface area (Å²) < 4.78 is 0. The molecule has 4 nitrogen and oxygen atoms in total. The third-order valence-electron chi connectivity index (χ3n) is 2.79. The Kier molecular flexibility index (Phi) is 4.35. The first kappa shape index (κ1) is 11.5. The van der Waals surface area contributed by atoms with Gasteiger partial charge in [0.15, 0.2) is 0 Å². The minimum absolute atomic E-state index is 0.00315. The summed E-state index contributed by atoms with van der Waals surface area (Å²) in [6, 6.07) is -0.377. The van der Waals surface area contributed by atoms with E-state index in [1.807, 2.05) is 6.92 Å². The predicted molar refractivity (Wildman–Crippen MR) is 54.7 cm³/mol. The van der Waals surface area contributed by atoms with E-state index < -0.39 is 0 Å². The van der Waals surface area contributed by atoms with Crippen molar-refractivity contribution in [2.75, 3.05) is 13.2 Å². The van der Waals surface area contributed by atoms with Gasteiger partial charge in [-0.3, -0.25) is 4.79 Å². The molecule has 0 aromatic heterocycles. The van der Waals surface area contributed by atoms with Crippen molar-refractivity contribution in [3.63, 3.8) is 0 Å². The lowest BCUT2D eigenvalue weighted by Crippen LogP contribution is -2.46. The maximum absolute atomic E-state index is 11.8. The van der Waals surface area contributed by atoms with Gasteiger partial charge in [-0.2, -0.15) is 0 Å². The molecule has 1 amide bonds. The number of amides is 1. The molecule has 0 bridgehead atoms. The smallest absolute Gasteiger partial charge is 0.239 e. The van der Waals surface area contributed by atoms with E-state index in [9.17, 15) is 4.79 Å². The second-order valence-corrected chi connectivity index (χ2v) is 3.91. The van der Waals surface area contributed by atoms with Crippen LogP contribution in [0.5, 0.6) is 0 Å². The normalized spacial score (nSPS) is 23.9. The first-order valence-electron chi connectivity index (χ1n) is 5.37. The molecular formula is C10H20N2O2. The number of carbonyl (C=O) groups excluding carboxylic acids is 1. The Morgan fingerprint density at radius 2 is 2.43 bits per heavy atom. The summed E-state index contributed by atoms with van der Waals surface area (Å²) in [5.74, 6) is 0.00315. The average Bonchev–Trinajstić information content (AvgIpc) is 2.64. The SMILES string of the molecule is CCC[C@@H](N)C(=O)N1CCC[C@@H]1CO. The van der Waals surface area contributed by atoms with Crippen LogP contribution >= 0.6 is 0 Å². The van der Waals surface area contributed by atoms with Crippen molar-refractivity contribution in [3.8, 4) is 0 Å². The largest absolute Gasteiger partial charge is 0.394 e. The highest BCUT2D eigenvalue weighted by Crippen LogP contribution is 2.18. The number of hydrogen-bond acceptors (Lipinski definition) is 3. The first-order chi connectivity index (χ1) is 6.70. The average molecular weight is 200 g/mol. The second kappa shape index (κ2) is 5.32. The van der Waals surface area contributed by atoms with Gasteiger partial charge in [-0.15, -0.1) is 0 Å². The summed E-state index contributed by atoms with van der Waals surface area (Å²) in [6.07, 6.45) is 3.54. The monoisotopic (exact) mass is 200 g/mol. The minimum atomic E-state index is -0.382.